The van der Waals surface area contributed by atoms with Crippen molar-refractivity contribution >= 4 is 27.4 Å². The molecule has 0 aromatic rings. The van der Waals surface area contributed by atoms with Crippen molar-refractivity contribution in [3.63, 3.8) is 0 Å². The molecule has 0 radical (unpaired) electrons. The first kappa shape index (κ1) is 15.4. The minimum atomic E-state index is -2.92. The second-order valence-corrected chi connectivity index (χ2v) is 11.6. The van der Waals surface area contributed by atoms with Gasteiger partial charge in [0, 0.05) is 6.04 Å². The molecular formula is C7H19F3O2Si3. The highest BCUT2D eigenvalue weighted by Crippen LogP contribution is 2.15. The molecule has 0 N–H and O–H groups in total. The molecule has 0 bridgehead atoms. The highest BCUT2D eigenvalue weighted by atomic mass is 28.4. The smallest absolute Gasteiger partial charge is 0.303 e. The van der Waals surface area contributed by atoms with Crippen LogP contribution in [-0.2, 0) is 8.23 Å². The minimum absolute atomic E-state index is 0.228. The van der Waals surface area contributed by atoms with Crippen LogP contribution in [-0.4, -0.2) is 40.0 Å². The van der Waals surface area contributed by atoms with Crippen molar-refractivity contribution in [1.82, 2.24) is 0 Å². The van der Waals surface area contributed by atoms with Gasteiger partial charge in [0.15, 0.2) is 24.3 Å². The van der Waals surface area contributed by atoms with Gasteiger partial charge >= 0.3 is 9.28 Å². The zero-order chi connectivity index (χ0) is 12.0. The van der Waals surface area contributed by atoms with E-state index in [1.807, 2.05) is 26.2 Å². The van der Waals surface area contributed by atoms with Crippen LogP contribution in [0, 0.1) is 0 Å². The Morgan fingerprint density at radius 3 is 1.60 bits per heavy atom. The summed E-state index contributed by atoms with van der Waals surface area (Å²) < 4.78 is 47.9. The highest BCUT2D eigenvalue weighted by Gasteiger charge is 2.28. The van der Waals surface area contributed by atoms with Gasteiger partial charge in [-0.2, -0.15) is 0 Å². The maximum atomic E-state index is 12.8. The Bertz CT molecular complexity index is 162. The number of alkyl halides is 3. The summed E-state index contributed by atoms with van der Waals surface area (Å²) in [6.45, 7) is 7.73. The third-order valence-corrected chi connectivity index (χ3v) is 9.16. The zero-order valence-corrected chi connectivity index (χ0v) is 13.0. The van der Waals surface area contributed by atoms with Crippen LogP contribution in [0.3, 0.4) is 0 Å². The van der Waals surface area contributed by atoms with Gasteiger partial charge in [-0.3, -0.25) is 0 Å². The fourth-order valence-electron chi connectivity index (χ4n) is 1.04. The lowest BCUT2D eigenvalue weighted by molar-refractivity contribution is 0.0573. The third kappa shape index (κ3) is 8.20. The predicted octanol–water partition coefficient (Wildman–Crippen LogP) is 1.81. The minimum Gasteiger partial charge on any atom is -0.441 e. The SMILES string of the molecule is C[SiH](C)O[SiH](CC(F)C(F)F)O[SiH](C)C. The molecule has 0 heterocycles. The summed E-state index contributed by atoms with van der Waals surface area (Å²) in [7, 11) is -4.86. The Labute approximate surface area is 94.1 Å². The first-order valence-electron chi connectivity index (χ1n) is 5.06. The quantitative estimate of drug-likeness (QED) is 0.660. The van der Waals surface area contributed by atoms with E-state index < -0.39 is 40.0 Å². The zero-order valence-electron chi connectivity index (χ0n) is 9.54. The van der Waals surface area contributed by atoms with E-state index in [-0.39, 0.29) is 6.04 Å². The lowest BCUT2D eigenvalue weighted by Crippen LogP contribution is -2.36. The van der Waals surface area contributed by atoms with E-state index in [9.17, 15) is 13.2 Å². The normalized spacial score (nSPS) is 14.6. The number of rotatable bonds is 7. The summed E-state index contributed by atoms with van der Waals surface area (Å²) in [4.78, 5) is 0. The Morgan fingerprint density at radius 2 is 1.33 bits per heavy atom. The van der Waals surface area contributed by atoms with E-state index in [4.69, 9.17) is 8.23 Å². The fraction of sp³-hybridized carbons (Fsp3) is 1.00. The van der Waals surface area contributed by atoms with E-state index in [0.29, 0.717) is 0 Å². The van der Waals surface area contributed by atoms with Crippen molar-refractivity contribution < 1.29 is 21.4 Å². The van der Waals surface area contributed by atoms with Gasteiger partial charge in [0.1, 0.15) is 0 Å². The van der Waals surface area contributed by atoms with E-state index in [2.05, 4.69) is 0 Å². The molecule has 15 heavy (non-hydrogen) atoms. The van der Waals surface area contributed by atoms with E-state index >= 15 is 0 Å². The summed E-state index contributed by atoms with van der Waals surface area (Å²) in [6, 6.07) is -0.228. The molecule has 0 aliphatic heterocycles. The van der Waals surface area contributed by atoms with E-state index in [1.165, 1.54) is 0 Å². The molecule has 0 aromatic carbocycles. The van der Waals surface area contributed by atoms with Gasteiger partial charge in [-0.1, -0.05) is 0 Å². The molecule has 0 spiro atoms. The Morgan fingerprint density at radius 1 is 0.933 bits per heavy atom. The monoisotopic (exact) mass is 276 g/mol. The Balaban J connectivity index is 4.11. The van der Waals surface area contributed by atoms with E-state index in [0.717, 1.165) is 0 Å². The largest absolute Gasteiger partial charge is 0.441 e. The Kier molecular flexibility index (Phi) is 7.79. The standard InChI is InChI=1S/C7H19F3O2Si3/c1-13(2)11-15(12-14(3)4)5-6(8)7(9)10/h6-7,13-15H,5H2,1-4H3. The predicted molar refractivity (Wildman–Crippen MR) is 62.8 cm³/mol. The van der Waals surface area contributed by atoms with Crippen LogP contribution >= 0.6 is 0 Å². The average Bonchev–Trinajstić information content (AvgIpc) is 2.00. The van der Waals surface area contributed by atoms with Crippen LogP contribution in [0.15, 0.2) is 0 Å². The van der Waals surface area contributed by atoms with Crippen molar-refractivity contribution in [2.45, 2.75) is 44.8 Å². The molecular weight excluding hydrogens is 257 g/mol. The molecule has 0 aromatic heterocycles. The maximum Gasteiger partial charge on any atom is 0.303 e. The number of halogens is 3. The van der Waals surface area contributed by atoms with Gasteiger partial charge < -0.3 is 8.23 Å². The first-order valence-corrected chi connectivity index (χ1v) is 12.4. The molecule has 0 aliphatic rings. The van der Waals surface area contributed by atoms with Crippen LogP contribution in [0.25, 0.3) is 0 Å². The molecule has 2 nitrogen and oxygen atoms in total. The molecule has 8 heteroatoms. The van der Waals surface area contributed by atoms with Crippen LogP contribution < -0.4 is 0 Å². The molecule has 1 atom stereocenters. The molecule has 0 aliphatic carbocycles. The molecule has 0 saturated heterocycles. The van der Waals surface area contributed by atoms with Gasteiger partial charge in [-0.15, -0.1) is 0 Å². The van der Waals surface area contributed by atoms with Crippen molar-refractivity contribution in [3.8, 4) is 0 Å². The number of hydrogen-bond donors (Lipinski definition) is 0. The summed E-state index contributed by atoms with van der Waals surface area (Å²) in [5.74, 6) is 0. The van der Waals surface area contributed by atoms with Crippen LogP contribution in [0.4, 0.5) is 13.2 Å². The van der Waals surface area contributed by atoms with Crippen LogP contribution in [0.5, 0.6) is 0 Å². The fourth-order valence-corrected chi connectivity index (χ4v) is 8.19. The summed E-state index contributed by atoms with van der Waals surface area (Å²) in [5, 5.41) is 0. The van der Waals surface area contributed by atoms with Gasteiger partial charge in [0.25, 0.3) is 6.43 Å². The molecule has 92 valence electrons. The molecule has 0 fully saturated rings. The van der Waals surface area contributed by atoms with Crippen LogP contribution in [0.2, 0.25) is 32.2 Å². The number of hydrogen-bond acceptors (Lipinski definition) is 2. The molecule has 1 unspecified atom stereocenters. The third-order valence-electron chi connectivity index (χ3n) is 1.54. The van der Waals surface area contributed by atoms with Gasteiger partial charge in [0.05, 0.1) is 0 Å². The lowest BCUT2D eigenvalue weighted by atomic mass is 10.5. The average molecular weight is 276 g/mol. The Hall–Kier alpha value is 0.361. The van der Waals surface area contributed by atoms with Crippen molar-refractivity contribution in [2.75, 3.05) is 0 Å². The van der Waals surface area contributed by atoms with Crippen molar-refractivity contribution in [3.05, 3.63) is 0 Å². The maximum absolute atomic E-state index is 12.8. The van der Waals surface area contributed by atoms with Gasteiger partial charge in [0.2, 0.25) is 0 Å². The molecule has 0 rings (SSSR count). The van der Waals surface area contributed by atoms with Gasteiger partial charge in [-0.25, -0.2) is 13.2 Å². The van der Waals surface area contributed by atoms with Gasteiger partial charge in [-0.05, 0) is 26.2 Å². The highest BCUT2D eigenvalue weighted by molar-refractivity contribution is 6.67. The molecule has 0 saturated carbocycles. The first-order chi connectivity index (χ1) is 6.82. The summed E-state index contributed by atoms with van der Waals surface area (Å²) >= 11 is 0. The van der Waals surface area contributed by atoms with Crippen LogP contribution in [0.1, 0.15) is 0 Å². The summed E-state index contributed by atoms with van der Waals surface area (Å²) in [6.07, 6.45) is -5.02. The van der Waals surface area contributed by atoms with Crippen molar-refractivity contribution in [2.24, 2.45) is 0 Å². The lowest BCUT2D eigenvalue weighted by Gasteiger charge is -2.22. The second-order valence-electron chi connectivity index (χ2n) is 3.89. The molecule has 0 amide bonds. The van der Waals surface area contributed by atoms with E-state index in [1.54, 1.807) is 0 Å². The second kappa shape index (κ2) is 7.60. The summed E-state index contributed by atoms with van der Waals surface area (Å²) in [5.41, 5.74) is 0. The van der Waals surface area contributed by atoms with Crippen molar-refractivity contribution in [1.29, 1.82) is 0 Å². The topological polar surface area (TPSA) is 18.5 Å².